The summed E-state index contributed by atoms with van der Waals surface area (Å²) < 4.78 is 27.0. The van der Waals surface area contributed by atoms with Crippen molar-refractivity contribution in [2.75, 3.05) is 11.1 Å². The molecule has 176 valence electrons. The van der Waals surface area contributed by atoms with Gasteiger partial charge in [-0.3, -0.25) is 0 Å². The number of anilines is 1. The Kier molecular flexibility index (Phi) is 5.76. The number of fused-ring (bicyclic) bond motifs is 1. The number of hydrogen-bond donors (Lipinski definition) is 3. The Bertz CT molecular complexity index is 1280. The minimum Gasteiger partial charge on any atom is -0.390 e. The molecule has 2 aliphatic rings. The van der Waals surface area contributed by atoms with Crippen LogP contribution >= 0.6 is 11.6 Å². The molecule has 5 atom stereocenters. The number of aromatic nitrogens is 5. The van der Waals surface area contributed by atoms with Crippen LogP contribution in [0.4, 0.5) is 5.82 Å². The molecule has 0 spiro atoms. The number of hydrogen-bond acceptors (Lipinski definition) is 9. The van der Waals surface area contributed by atoms with Gasteiger partial charge >= 0.3 is 0 Å². The highest BCUT2D eigenvalue weighted by atomic mass is 35.5. The lowest BCUT2D eigenvalue weighted by Gasteiger charge is -2.17. The number of benzene rings is 1. The molecule has 3 N–H and O–H groups in total. The van der Waals surface area contributed by atoms with Gasteiger partial charge in [-0.2, -0.15) is 9.97 Å². The van der Waals surface area contributed by atoms with E-state index in [4.69, 9.17) is 11.6 Å². The molecule has 2 fully saturated rings. The fourth-order valence-corrected chi connectivity index (χ4v) is 5.75. The Labute approximate surface area is 195 Å². The molecule has 10 nitrogen and oxygen atoms in total. The van der Waals surface area contributed by atoms with Gasteiger partial charge in [-0.15, -0.1) is 5.10 Å². The minimum atomic E-state index is -3.71. The van der Waals surface area contributed by atoms with Crippen LogP contribution in [-0.2, 0) is 9.84 Å². The number of rotatable bonds is 7. The highest BCUT2D eigenvalue weighted by Gasteiger charge is 2.40. The highest BCUT2D eigenvalue weighted by molar-refractivity contribution is 7.91. The van der Waals surface area contributed by atoms with Gasteiger partial charge in [-0.1, -0.05) is 35.9 Å². The summed E-state index contributed by atoms with van der Waals surface area (Å²) in [4.78, 5) is 8.62. The number of sulfone groups is 1. The second-order valence-corrected chi connectivity index (χ2v) is 11.2. The second kappa shape index (κ2) is 8.46. The topological polar surface area (TPSA) is 143 Å². The van der Waals surface area contributed by atoms with Crippen LogP contribution in [0.25, 0.3) is 11.2 Å². The van der Waals surface area contributed by atoms with Crippen molar-refractivity contribution < 1.29 is 18.6 Å². The van der Waals surface area contributed by atoms with E-state index in [0.29, 0.717) is 35.6 Å². The number of nitrogens with one attached hydrogen (secondary N) is 1. The van der Waals surface area contributed by atoms with Gasteiger partial charge in [-0.25, -0.2) is 13.1 Å². The first-order valence-electron chi connectivity index (χ1n) is 11.0. The molecule has 2 aromatic heterocycles. The third kappa shape index (κ3) is 4.18. The molecule has 0 bridgehead atoms. The molecule has 2 heterocycles. The van der Waals surface area contributed by atoms with Crippen LogP contribution in [-0.4, -0.2) is 67.6 Å². The van der Waals surface area contributed by atoms with Gasteiger partial charge in [0.25, 0.3) is 5.16 Å². The summed E-state index contributed by atoms with van der Waals surface area (Å²) >= 11 is 5.99. The maximum absolute atomic E-state index is 12.8. The van der Waals surface area contributed by atoms with Crippen molar-refractivity contribution in [1.29, 1.82) is 0 Å². The fraction of sp³-hybridized carbons (Fsp3) is 0.524. The molecule has 2 saturated carbocycles. The number of nitrogens with zero attached hydrogens (tertiary/aromatic N) is 5. The second-order valence-electron chi connectivity index (χ2n) is 8.73. The van der Waals surface area contributed by atoms with Crippen LogP contribution in [0.3, 0.4) is 0 Å². The zero-order valence-corrected chi connectivity index (χ0v) is 19.5. The van der Waals surface area contributed by atoms with Gasteiger partial charge in [0.05, 0.1) is 17.9 Å². The first-order chi connectivity index (χ1) is 15.8. The van der Waals surface area contributed by atoms with Crippen molar-refractivity contribution in [1.82, 2.24) is 25.0 Å². The standard InChI is InChI=1S/C21H25ClN6O4S/c1-2-9-33(31,32)21-24-19(23-14-10-13(14)11-3-5-12(22)6-4-11)17-20(25-21)28(27-26-17)15-7-8-16(29)18(15)30/h3-6,13-16,18,29-30H,2,7-10H2,1H3,(H,23,24,25). The summed E-state index contributed by atoms with van der Waals surface area (Å²) in [7, 11) is -3.71. The summed E-state index contributed by atoms with van der Waals surface area (Å²) in [6, 6.07) is 7.15. The number of halogens is 1. The molecule has 2 aliphatic carbocycles. The minimum absolute atomic E-state index is 0.0510. The number of aliphatic hydroxyl groups excluding tert-OH is 2. The molecule has 33 heavy (non-hydrogen) atoms. The molecule has 3 aromatic rings. The third-order valence-electron chi connectivity index (χ3n) is 6.33. The van der Waals surface area contributed by atoms with E-state index in [1.807, 2.05) is 24.3 Å². The van der Waals surface area contributed by atoms with E-state index in [2.05, 4.69) is 25.6 Å². The molecule has 0 aliphatic heterocycles. The van der Waals surface area contributed by atoms with Crippen LogP contribution in [0, 0.1) is 0 Å². The van der Waals surface area contributed by atoms with Gasteiger partial charge in [0.2, 0.25) is 9.84 Å². The van der Waals surface area contributed by atoms with Crippen LogP contribution in [0.2, 0.25) is 5.02 Å². The summed E-state index contributed by atoms with van der Waals surface area (Å²) in [5, 5.41) is 32.4. The Balaban J connectivity index is 1.52. The largest absolute Gasteiger partial charge is 0.390 e. The normalized spacial score (nSPS) is 27.2. The van der Waals surface area contributed by atoms with E-state index < -0.39 is 28.1 Å². The molecule has 12 heteroatoms. The SMILES string of the molecule is CCCS(=O)(=O)c1nc(NC2CC2c2ccc(Cl)cc2)c2nnn(C3CCC(O)C3O)c2n1. The van der Waals surface area contributed by atoms with Crippen molar-refractivity contribution >= 4 is 38.4 Å². The van der Waals surface area contributed by atoms with Crippen molar-refractivity contribution in [2.24, 2.45) is 0 Å². The van der Waals surface area contributed by atoms with Gasteiger partial charge in [0.1, 0.15) is 6.10 Å². The van der Waals surface area contributed by atoms with Crippen LogP contribution in [0.1, 0.15) is 50.1 Å². The number of aliphatic hydroxyl groups is 2. The van der Waals surface area contributed by atoms with Gasteiger partial charge in [0, 0.05) is 17.0 Å². The Hall–Kier alpha value is -2.34. The van der Waals surface area contributed by atoms with Crippen LogP contribution < -0.4 is 5.32 Å². The van der Waals surface area contributed by atoms with Crippen molar-refractivity contribution in [2.45, 2.75) is 68.0 Å². The lowest BCUT2D eigenvalue weighted by atomic mass is 10.1. The maximum atomic E-state index is 12.8. The lowest BCUT2D eigenvalue weighted by molar-refractivity contribution is 0.0215. The van der Waals surface area contributed by atoms with Crippen molar-refractivity contribution in [3.63, 3.8) is 0 Å². The molecule has 0 saturated heterocycles. The first-order valence-corrected chi connectivity index (χ1v) is 13.1. The zero-order valence-electron chi connectivity index (χ0n) is 18.0. The smallest absolute Gasteiger partial charge is 0.251 e. The monoisotopic (exact) mass is 492 g/mol. The predicted molar refractivity (Wildman–Crippen MR) is 122 cm³/mol. The Morgan fingerprint density at radius 2 is 1.94 bits per heavy atom. The lowest BCUT2D eigenvalue weighted by Crippen LogP contribution is -2.28. The summed E-state index contributed by atoms with van der Waals surface area (Å²) in [6.45, 7) is 1.78. The summed E-state index contributed by atoms with van der Waals surface area (Å²) in [6.07, 6.45) is 0.268. The third-order valence-corrected chi connectivity index (χ3v) is 8.26. The average molecular weight is 493 g/mol. The quantitative estimate of drug-likeness (QED) is 0.422. The van der Waals surface area contributed by atoms with Gasteiger partial charge in [0.15, 0.2) is 17.0 Å². The van der Waals surface area contributed by atoms with E-state index in [-0.39, 0.29) is 28.5 Å². The first kappa shape index (κ1) is 22.5. The Morgan fingerprint density at radius 3 is 2.61 bits per heavy atom. The molecule has 0 amide bonds. The summed E-state index contributed by atoms with van der Waals surface area (Å²) in [5.41, 5.74) is 1.69. The zero-order chi connectivity index (χ0) is 23.3. The molecule has 1 aromatic carbocycles. The van der Waals surface area contributed by atoms with E-state index in [1.165, 1.54) is 4.68 Å². The predicted octanol–water partition coefficient (Wildman–Crippen LogP) is 2.08. The van der Waals surface area contributed by atoms with E-state index in [1.54, 1.807) is 6.92 Å². The average Bonchev–Trinajstić information content (AvgIpc) is 3.28. The van der Waals surface area contributed by atoms with E-state index >= 15 is 0 Å². The van der Waals surface area contributed by atoms with Gasteiger partial charge in [-0.05, 0) is 43.4 Å². The van der Waals surface area contributed by atoms with E-state index in [9.17, 15) is 18.6 Å². The fourth-order valence-electron chi connectivity index (χ4n) is 4.45. The van der Waals surface area contributed by atoms with E-state index in [0.717, 1.165) is 12.0 Å². The maximum Gasteiger partial charge on any atom is 0.251 e. The molecule has 5 rings (SSSR count). The van der Waals surface area contributed by atoms with Crippen molar-refractivity contribution in [3.05, 3.63) is 34.9 Å². The molecular formula is C21H25ClN6O4S. The molecule has 5 unspecified atom stereocenters. The van der Waals surface area contributed by atoms with Crippen LogP contribution in [0.15, 0.2) is 29.4 Å². The van der Waals surface area contributed by atoms with Gasteiger partial charge < -0.3 is 15.5 Å². The van der Waals surface area contributed by atoms with Crippen LogP contribution in [0.5, 0.6) is 0 Å². The highest BCUT2D eigenvalue weighted by Crippen LogP contribution is 2.43. The molecular weight excluding hydrogens is 468 g/mol. The Morgan fingerprint density at radius 1 is 1.18 bits per heavy atom. The molecule has 0 radical (unpaired) electrons. The summed E-state index contributed by atoms with van der Waals surface area (Å²) in [5.74, 6) is 0.460. The van der Waals surface area contributed by atoms with Crippen molar-refractivity contribution in [3.8, 4) is 0 Å².